The van der Waals surface area contributed by atoms with Gasteiger partial charge in [-0.25, -0.2) is 31.3 Å². The van der Waals surface area contributed by atoms with Gasteiger partial charge < -0.3 is 15.2 Å². The van der Waals surface area contributed by atoms with Crippen LogP contribution >= 0.6 is 22.9 Å². The van der Waals surface area contributed by atoms with Crippen molar-refractivity contribution in [2.45, 2.75) is 18.9 Å². The highest BCUT2D eigenvalue weighted by Gasteiger charge is 2.39. The lowest BCUT2D eigenvalue weighted by Crippen LogP contribution is -2.44. The van der Waals surface area contributed by atoms with Crippen molar-refractivity contribution >= 4 is 44.8 Å². The van der Waals surface area contributed by atoms with Crippen LogP contribution < -0.4 is 5.32 Å². The number of ether oxygens (including phenoxy) is 1. The van der Waals surface area contributed by atoms with E-state index in [-0.39, 0.29) is 35.9 Å². The summed E-state index contributed by atoms with van der Waals surface area (Å²) >= 11 is 7.45. The van der Waals surface area contributed by atoms with Crippen LogP contribution in [0.2, 0.25) is 5.02 Å². The maximum Gasteiger partial charge on any atom is 0.338 e. The van der Waals surface area contributed by atoms with E-state index in [1.807, 2.05) is 0 Å². The Kier molecular flexibility index (Phi) is 8.05. The average Bonchev–Trinajstić information content (AvgIpc) is 3.41. The molecule has 1 aromatic carbocycles. The number of hydrogen-bond acceptors (Lipinski definition) is 9. The van der Waals surface area contributed by atoms with E-state index in [9.17, 15) is 22.0 Å². The maximum atomic E-state index is 14.4. The molecule has 0 aliphatic carbocycles. The number of nitrogens with one attached hydrogen (secondary N) is 1. The Morgan fingerprint density at radius 2 is 2.06 bits per heavy atom. The van der Waals surface area contributed by atoms with Crippen LogP contribution in [0.3, 0.4) is 0 Å². The van der Waals surface area contributed by atoms with Crippen LogP contribution in [0, 0.1) is 17.6 Å². The number of sulfonamides is 1. The Bertz CT molecular complexity index is 1310. The summed E-state index contributed by atoms with van der Waals surface area (Å²) in [6.07, 6.45) is 2.29. The topological polar surface area (TPSA) is 121 Å². The number of halogens is 3. The van der Waals surface area contributed by atoms with Crippen molar-refractivity contribution in [3.63, 3.8) is 0 Å². The predicted octanol–water partition coefficient (Wildman–Crippen LogP) is 2.63. The Hall–Kier alpha value is -2.45. The number of aliphatic hydroxyl groups is 1. The molecule has 0 saturated carbocycles. The number of aliphatic imine (C=N–C) groups is 1. The number of carbonyl (C=O) groups is 1. The third-order valence-electron chi connectivity index (χ3n) is 6.08. The second-order valence-electron chi connectivity index (χ2n) is 8.14. The number of aromatic nitrogens is 1. The average molecular weight is 561 g/mol. The fraction of sp³-hybridized carbons (Fsp3) is 0.409. The van der Waals surface area contributed by atoms with E-state index in [1.165, 1.54) is 28.8 Å². The van der Waals surface area contributed by atoms with Gasteiger partial charge in [0, 0.05) is 41.8 Å². The zero-order valence-electron chi connectivity index (χ0n) is 19.1. The third-order valence-corrected chi connectivity index (χ3v) is 9.09. The van der Waals surface area contributed by atoms with Gasteiger partial charge in [0.2, 0.25) is 10.0 Å². The summed E-state index contributed by atoms with van der Waals surface area (Å²) in [6, 6.07) is 1.06. The minimum absolute atomic E-state index is 0.0716. The van der Waals surface area contributed by atoms with Gasteiger partial charge in [-0.05, 0) is 18.9 Å². The molecule has 1 fully saturated rings. The molecular weight excluding hydrogens is 538 g/mol. The summed E-state index contributed by atoms with van der Waals surface area (Å²) in [5.41, 5.74) is 0.585. The molecule has 14 heteroatoms. The standard InChI is InChI=1S/C22H23ClF2N4O5S2/c1-34-22(31)15-18(12-4-7-29(8-5-12)36(32,33)11-9-30)27-20(21-26-6-10-35-21)28-19(15)13-2-3-14(24)17(25)16(13)23/h2-3,6,10,12,19,30H,4-5,7-9,11H2,1H3,(H,27,28). The maximum absolute atomic E-state index is 14.4. The molecule has 9 nitrogen and oxygen atoms in total. The molecule has 1 atom stereocenters. The summed E-state index contributed by atoms with van der Waals surface area (Å²) in [7, 11) is -2.41. The Balaban J connectivity index is 1.79. The number of carbonyl (C=O) groups excluding carboxylic acids is 1. The first kappa shape index (κ1) is 26.6. The highest BCUT2D eigenvalue weighted by molar-refractivity contribution is 7.89. The molecule has 1 aromatic heterocycles. The van der Waals surface area contributed by atoms with Crippen LogP contribution in [-0.4, -0.2) is 67.2 Å². The zero-order chi connectivity index (χ0) is 26.0. The molecule has 2 aliphatic heterocycles. The van der Waals surface area contributed by atoms with Gasteiger partial charge in [-0.2, -0.15) is 0 Å². The molecular formula is C22H23ClF2N4O5S2. The number of esters is 1. The lowest BCUT2D eigenvalue weighted by Gasteiger charge is -2.36. The number of benzene rings is 1. The first-order valence-electron chi connectivity index (χ1n) is 11.0. The monoisotopic (exact) mass is 560 g/mol. The fourth-order valence-corrected chi connectivity index (χ4v) is 6.42. The van der Waals surface area contributed by atoms with Gasteiger partial charge in [0.1, 0.15) is 6.04 Å². The number of allylic oxidation sites excluding steroid dienone is 1. The summed E-state index contributed by atoms with van der Waals surface area (Å²) in [4.78, 5) is 21.9. The summed E-state index contributed by atoms with van der Waals surface area (Å²) in [6.45, 7) is -0.133. The molecule has 4 rings (SSSR count). The zero-order valence-corrected chi connectivity index (χ0v) is 21.5. The van der Waals surface area contributed by atoms with Gasteiger partial charge in [-0.1, -0.05) is 17.7 Å². The van der Waals surface area contributed by atoms with Crippen molar-refractivity contribution in [3.8, 4) is 0 Å². The molecule has 2 aromatic rings. The number of aliphatic hydroxyl groups excluding tert-OH is 1. The number of nitrogens with zero attached hydrogens (tertiary/aromatic N) is 3. The smallest absolute Gasteiger partial charge is 0.338 e. The first-order chi connectivity index (χ1) is 17.2. The van der Waals surface area contributed by atoms with E-state index in [2.05, 4.69) is 15.3 Å². The van der Waals surface area contributed by atoms with Crippen LogP contribution in [0.4, 0.5) is 8.78 Å². The van der Waals surface area contributed by atoms with E-state index in [0.29, 0.717) is 29.4 Å². The second kappa shape index (κ2) is 10.9. The molecule has 2 aliphatic rings. The van der Waals surface area contributed by atoms with Crippen molar-refractivity contribution in [2.75, 3.05) is 32.6 Å². The lowest BCUT2D eigenvalue weighted by atomic mass is 9.86. The van der Waals surface area contributed by atoms with Crippen molar-refractivity contribution in [3.05, 3.63) is 62.2 Å². The second-order valence-corrected chi connectivity index (χ2v) is 11.5. The van der Waals surface area contributed by atoms with Gasteiger partial charge in [0.05, 0.1) is 30.1 Å². The molecule has 0 radical (unpaired) electrons. The van der Waals surface area contributed by atoms with Gasteiger partial charge >= 0.3 is 5.97 Å². The van der Waals surface area contributed by atoms with E-state index < -0.39 is 45.3 Å². The molecule has 2 N–H and O–H groups in total. The molecule has 194 valence electrons. The fourth-order valence-electron chi connectivity index (χ4n) is 4.31. The molecule has 36 heavy (non-hydrogen) atoms. The van der Waals surface area contributed by atoms with Crippen molar-refractivity contribution in [1.82, 2.24) is 14.6 Å². The molecule has 3 heterocycles. The highest BCUT2D eigenvalue weighted by Crippen LogP contribution is 2.41. The molecule has 0 bridgehead atoms. The van der Waals surface area contributed by atoms with Crippen LogP contribution in [0.1, 0.15) is 29.5 Å². The SMILES string of the molecule is COC(=O)C1=C(C2CCN(S(=O)(=O)CCO)CC2)NC(c2nccs2)=NC1c1ccc(F)c(F)c1Cl. The van der Waals surface area contributed by atoms with Crippen LogP contribution in [-0.2, 0) is 19.6 Å². The van der Waals surface area contributed by atoms with Gasteiger partial charge in [-0.15, -0.1) is 11.3 Å². The minimum atomic E-state index is -3.61. The van der Waals surface area contributed by atoms with Gasteiger partial charge in [-0.3, -0.25) is 4.99 Å². The summed E-state index contributed by atoms with van der Waals surface area (Å²) in [5, 5.41) is 14.0. The molecule has 0 amide bonds. The number of amidine groups is 1. The number of rotatable bonds is 7. The largest absolute Gasteiger partial charge is 0.466 e. The number of thiazole rings is 1. The number of methoxy groups -OCH3 is 1. The van der Waals surface area contributed by atoms with Gasteiger partial charge in [0.15, 0.2) is 22.5 Å². The third kappa shape index (κ3) is 5.16. The van der Waals surface area contributed by atoms with Crippen molar-refractivity contribution < 1.29 is 31.8 Å². The van der Waals surface area contributed by atoms with Crippen LogP contribution in [0.25, 0.3) is 0 Å². The van der Waals surface area contributed by atoms with E-state index in [1.54, 1.807) is 11.6 Å². The Labute approximate surface area is 215 Å². The molecule has 1 saturated heterocycles. The van der Waals surface area contributed by atoms with E-state index >= 15 is 0 Å². The van der Waals surface area contributed by atoms with Crippen LogP contribution in [0.5, 0.6) is 0 Å². The number of piperidine rings is 1. The summed E-state index contributed by atoms with van der Waals surface area (Å²) in [5.74, 6) is -3.50. The highest BCUT2D eigenvalue weighted by atomic mass is 35.5. The molecule has 1 unspecified atom stereocenters. The predicted molar refractivity (Wildman–Crippen MR) is 130 cm³/mol. The van der Waals surface area contributed by atoms with E-state index in [4.69, 9.17) is 21.4 Å². The number of hydrogen-bond donors (Lipinski definition) is 2. The first-order valence-corrected chi connectivity index (χ1v) is 13.8. The molecule has 0 spiro atoms. The summed E-state index contributed by atoms with van der Waals surface area (Å²) < 4.78 is 59.3. The van der Waals surface area contributed by atoms with Crippen molar-refractivity contribution in [2.24, 2.45) is 10.9 Å². The van der Waals surface area contributed by atoms with Crippen LogP contribution in [0.15, 0.2) is 40.0 Å². The van der Waals surface area contributed by atoms with Gasteiger partial charge in [0.25, 0.3) is 0 Å². The normalized spacial score (nSPS) is 19.7. The Morgan fingerprint density at radius 1 is 1.33 bits per heavy atom. The minimum Gasteiger partial charge on any atom is -0.466 e. The Morgan fingerprint density at radius 3 is 2.67 bits per heavy atom. The van der Waals surface area contributed by atoms with Crippen molar-refractivity contribution in [1.29, 1.82) is 0 Å². The van der Waals surface area contributed by atoms with E-state index in [0.717, 1.165) is 6.07 Å². The lowest BCUT2D eigenvalue weighted by molar-refractivity contribution is -0.136. The quantitative estimate of drug-likeness (QED) is 0.394.